The Balaban J connectivity index is 1.86. The first kappa shape index (κ1) is 22.2. The minimum absolute atomic E-state index is 0.110. The van der Waals surface area contributed by atoms with Crippen molar-refractivity contribution < 1.29 is 42.0 Å². The average molecular weight is 415 g/mol. The van der Waals surface area contributed by atoms with Crippen LogP contribution in [0.2, 0.25) is 0 Å². The maximum atomic E-state index is 12.1. The third-order valence-electron chi connectivity index (χ3n) is 3.65. The molecule has 0 bridgehead atoms. The summed E-state index contributed by atoms with van der Waals surface area (Å²) in [5.41, 5.74) is 0.110. The van der Waals surface area contributed by atoms with Crippen molar-refractivity contribution in [2.24, 2.45) is 0 Å². The molecular weight excluding hydrogens is 395 g/mol. The molecule has 1 amide bonds. The fourth-order valence-corrected chi connectivity index (χ4v) is 2.32. The molecule has 1 atom stereocenters. The molecular formula is C19H20F3NO6. The van der Waals surface area contributed by atoms with E-state index in [1.54, 1.807) is 18.2 Å². The van der Waals surface area contributed by atoms with Gasteiger partial charge in [-0.2, -0.15) is 0 Å². The highest BCUT2D eigenvalue weighted by atomic mass is 19.4. The monoisotopic (exact) mass is 415 g/mol. The van der Waals surface area contributed by atoms with E-state index >= 15 is 0 Å². The molecule has 0 saturated carbocycles. The number of methoxy groups -OCH3 is 2. The van der Waals surface area contributed by atoms with Gasteiger partial charge in [-0.1, -0.05) is 6.07 Å². The van der Waals surface area contributed by atoms with Crippen molar-refractivity contribution in [3.8, 4) is 23.0 Å². The number of aliphatic hydroxyl groups excluding tert-OH is 1. The number of ether oxygens (including phenoxy) is 4. The zero-order valence-electron chi connectivity index (χ0n) is 15.7. The van der Waals surface area contributed by atoms with E-state index in [0.717, 1.165) is 12.1 Å². The number of halogens is 3. The molecule has 0 heterocycles. The summed E-state index contributed by atoms with van der Waals surface area (Å²) in [4.78, 5) is 12.1. The van der Waals surface area contributed by atoms with Gasteiger partial charge >= 0.3 is 6.36 Å². The SMILES string of the molecule is COc1cccc(OC)c1OCC(O)CNC(=O)c1ccc(OC(F)(F)F)cc1. The van der Waals surface area contributed by atoms with Gasteiger partial charge in [0.15, 0.2) is 11.5 Å². The molecule has 2 N–H and O–H groups in total. The molecule has 0 spiro atoms. The third kappa shape index (κ3) is 6.75. The lowest BCUT2D eigenvalue weighted by atomic mass is 10.2. The maximum Gasteiger partial charge on any atom is 0.573 e. The summed E-state index contributed by atoms with van der Waals surface area (Å²) in [6, 6.07) is 9.45. The summed E-state index contributed by atoms with van der Waals surface area (Å²) in [5.74, 6) is 0.136. The fourth-order valence-electron chi connectivity index (χ4n) is 2.32. The largest absolute Gasteiger partial charge is 0.573 e. The zero-order valence-corrected chi connectivity index (χ0v) is 15.7. The maximum absolute atomic E-state index is 12.1. The molecule has 1 unspecified atom stereocenters. The van der Waals surface area contributed by atoms with Crippen LogP contribution >= 0.6 is 0 Å². The van der Waals surface area contributed by atoms with Crippen molar-refractivity contribution >= 4 is 5.91 Å². The molecule has 2 aromatic rings. The molecule has 0 aromatic heterocycles. The van der Waals surface area contributed by atoms with Gasteiger partial charge in [0.25, 0.3) is 5.91 Å². The van der Waals surface area contributed by atoms with Crippen LogP contribution in [0.15, 0.2) is 42.5 Å². The Hall–Kier alpha value is -3.14. The second-order valence-electron chi connectivity index (χ2n) is 5.74. The Morgan fingerprint density at radius 2 is 1.66 bits per heavy atom. The van der Waals surface area contributed by atoms with Crippen LogP contribution in [0.3, 0.4) is 0 Å². The lowest BCUT2D eigenvalue weighted by molar-refractivity contribution is -0.274. The van der Waals surface area contributed by atoms with Crippen molar-refractivity contribution in [2.45, 2.75) is 12.5 Å². The molecule has 7 nitrogen and oxygen atoms in total. The topological polar surface area (TPSA) is 86.3 Å². The van der Waals surface area contributed by atoms with Crippen LogP contribution in [-0.4, -0.2) is 50.9 Å². The first-order chi connectivity index (χ1) is 13.7. The quantitative estimate of drug-likeness (QED) is 0.655. The third-order valence-corrected chi connectivity index (χ3v) is 3.65. The number of carbonyl (C=O) groups is 1. The van der Waals surface area contributed by atoms with Crippen LogP contribution in [0.5, 0.6) is 23.0 Å². The predicted molar refractivity (Wildman–Crippen MR) is 96.5 cm³/mol. The second-order valence-corrected chi connectivity index (χ2v) is 5.74. The first-order valence-electron chi connectivity index (χ1n) is 8.39. The van der Waals surface area contributed by atoms with Gasteiger partial charge in [0.2, 0.25) is 5.75 Å². The lowest BCUT2D eigenvalue weighted by Gasteiger charge is -2.17. The predicted octanol–water partition coefficient (Wildman–Crippen LogP) is 2.77. The fraction of sp³-hybridized carbons (Fsp3) is 0.316. The normalized spacial score (nSPS) is 12.1. The highest BCUT2D eigenvalue weighted by Crippen LogP contribution is 2.36. The van der Waals surface area contributed by atoms with E-state index in [0.29, 0.717) is 17.2 Å². The van der Waals surface area contributed by atoms with Crippen molar-refractivity contribution in [3.63, 3.8) is 0 Å². The number of amides is 1. The Bertz CT molecular complexity index is 788. The molecule has 2 aromatic carbocycles. The number of alkyl halides is 3. The summed E-state index contributed by atoms with van der Waals surface area (Å²) >= 11 is 0. The Labute approximate surface area is 164 Å². The van der Waals surface area contributed by atoms with E-state index in [9.17, 15) is 23.1 Å². The zero-order chi connectivity index (χ0) is 21.4. The van der Waals surface area contributed by atoms with Gasteiger partial charge < -0.3 is 29.4 Å². The van der Waals surface area contributed by atoms with E-state index in [1.807, 2.05) is 0 Å². The number of hydrogen-bond acceptors (Lipinski definition) is 6. The average Bonchev–Trinajstić information content (AvgIpc) is 2.69. The standard InChI is InChI=1S/C19H20F3NO6/c1-26-15-4-3-5-16(27-2)17(15)28-11-13(24)10-23-18(25)12-6-8-14(9-7-12)29-19(20,21)22/h3-9,13,24H,10-11H2,1-2H3,(H,23,25). The molecule has 2 rings (SSSR count). The summed E-state index contributed by atoms with van der Waals surface area (Å²) < 4.78 is 56.1. The summed E-state index contributed by atoms with van der Waals surface area (Å²) in [6.45, 7) is -0.299. The van der Waals surface area contributed by atoms with E-state index in [-0.39, 0.29) is 18.7 Å². The van der Waals surface area contributed by atoms with E-state index in [2.05, 4.69) is 10.1 Å². The van der Waals surface area contributed by atoms with Gasteiger partial charge in [0.1, 0.15) is 18.5 Å². The Morgan fingerprint density at radius 3 is 2.17 bits per heavy atom. The number of hydrogen-bond donors (Lipinski definition) is 2. The van der Waals surface area contributed by atoms with Crippen LogP contribution in [0.1, 0.15) is 10.4 Å². The smallest absolute Gasteiger partial charge is 0.493 e. The molecule has 0 aliphatic heterocycles. The first-order valence-corrected chi connectivity index (χ1v) is 8.39. The van der Waals surface area contributed by atoms with E-state index in [1.165, 1.54) is 26.4 Å². The van der Waals surface area contributed by atoms with Gasteiger partial charge in [-0.3, -0.25) is 4.79 Å². The molecule has 0 aliphatic carbocycles. The van der Waals surface area contributed by atoms with Crippen molar-refractivity contribution in [1.29, 1.82) is 0 Å². The van der Waals surface area contributed by atoms with Gasteiger partial charge in [0, 0.05) is 12.1 Å². The van der Waals surface area contributed by atoms with Gasteiger partial charge in [-0.05, 0) is 36.4 Å². The summed E-state index contributed by atoms with van der Waals surface area (Å²) in [5, 5.41) is 12.5. The second kappa shape index (κ2) is 9.87. The molecule has 0 aliphatic rings. The van der Waals surface area contributed by atoms with Crippen LogP contribution in [0, 0.1) is 0 Å². The van der Waals surface area contributed by atoms with Crippen molar-refractivity contribution in [3.05, 3.63) is 48.0 Å². The molecule has 0 fully saturated rings. The molecule has 0 radical (unpaired) electrons. The van der Waals surface area contributed by atoms with Crippen LogP contribution < -0.4 is 24.3 Å². The number of nitrogens with one attached hydrogen (secondary N) is 1. The summed E-state index contributed by atoms with van der Waals surface area (Å²) in [7, 11) is 2.92. The highest BCUT2D eigenvalue weighted by molar-refractivity contribution is 5.94. The number of carbonyl (C=O) groups excluding carboxylic acids is 1. The van der Waals surface area contributed by atoms with E-state index in [4.69, 9.17) is 14.2 Å². The van der Waals surface area contributed by atoms with Crippen molar-refractivity contribution in [2.75, 3.05) is 27.4 Å². The number of para-hydroxylation sites is 1. The lowest BCUT2D eigenvalue weighted by Crippen LogP contribution is -2.35. The van der Waals surface area contributed by atoms with Crippen LogP contribution in [0.25, 0.3) is 0 Å². The van der Waals surface area contributed by atoms with Crippen LogP contribution in [0.4, 0.5) is 13.2 Å². The van der Waals surface area contributed by atoms with E-state index < -0.39 is 24.1 Å². The Morgan fingerprint density at radius 1 is 1.07 bits per heavy atom. The Kier molecular flexibility index (Phi) is 7.54. The van der Waals surface area contributed by atoms with Crippen molar-refractivity contribution in [1.82, 2.24) is 5.32 Å². The van der Waals surface area contributed by atoms with Gasteiger partial charge in [0.05, 0.1) is 14.2 Å². The highest BCUT2D eigenvalue weighted by Gasteiger charge is 2.31. The molecule has 0 saturated heterocycles. The van der Waals surface area contributed by atoms with Gasteiger partial charge in [-0.15, -0.1) is 13.2 Å². The minimum Gasteiger partial charge on any atom is -0.493 e. The number of benzene rings is 2. The molecule has 158 valence electrons. The number of aliphatic hydroxyl groups is 1. The minimum atomic E-state index is -4.81. The van der Waals surface area contributed by atoms with Gasteiger partial charge in [-0.25, -0.2) is 0 Å². The van der Waals surface area contributed by atoms with Crippen LogP contribution in [-0.2, 0) is 0 Å². The summed E-state index contributed by atoms with van der Waals surface area (Å²) in [6.07, 6.45) is -5.86. The molecule has 10 heteroatoms. The molecule has 29 heavy (non-hydrogen) atoms. The number of rotatable bonds is 9.